The highest BCUT2D eigenvalue weighted by atomic mass is 32.2. The van der Waals surface area contributed by atoms with E-state index in [1.807, 2.05) is 17.5 Å². The molecule has 0 radical (unpaired) electrons. The van der Waals surface area contributed by atoms with E-state index in [4.69, 9.17) is 9.84 Å². The number of morpholine rings is 1. The van der Waals surface area contributed by atoms with Crippen LogP contribution < -0.4 is 0 Å². The Morgan fingerprint density at radius 2 is 2.40 bits per heavy atom. The molecule has 0 aromatic carbocycles. The van der Waals surface area contributed by atoms with Gasteiger partial charge in [-0.25, -0.2) is 0 Å². The van der Waals surface area contributed by atoms with Gasteiger partial charge in [-0.2, -0.15) is 0 Å². The third kappa shape index (κ3) is 4.50. The van der Waals surface area contributed by atoms with Crippen molar-refractivity contribution in [3.8, 4) is 0 Å². The molecule has 1 aliphatic rings. The Labute approximate surface area is 125 Å². The first-order valence-corrected chi connectivity index (χ1v) is 8.39. The molecule has 0 saturated carbocycles. The predicted octanol–water partition coefficient (Wildman–Crippen LogP) is 1.68. The summed E-state index contributed by atoms with van der Waals surface area (Å²) in [6.45, 7) is 1.28. The van der Waals surface area contributed by atoms with E-state index in [2.05, 4.69) is 0 Å². The fraction of sp³-hybridized carbons (Fsp3) is 0.538. The Bertz CT molecular complexity index is 449. The van der Waals surface area contributed by atoms with Crippen molar-refractivity contribution in [3.05, 3.63) is 22.4 Å². The largest absolute Gasteiger partial charge is 0.481 e. The van der Waals surface area contributed by atoms with E-state index in [1.165, 1.54) is 4.88 Å². The lowest BCUT2D eigenvalue weighted by Crippen LogP contribution is -2.50. The minimum atomic E-state index is -0.899. The lowest BCUT2D eigenvalue weighted by Gasteiger charge is -2.34. The van der Waals surface area contributed by atoms with Gasteiger partial charge in [0.1, 0.15) is 0 Å². The molecule has 20 heavy (non-hydrogen) atoms. The van der Waals surface area contributed by atoms with Gasteiger partial charge in [0.05, 0.1) is 31.4 Å². The molecule has 1 N–H and O–H groups in total. The summed E-state index contributed by atoms with van der Waals surface area (Å²) in [5, 5.41) is 10.9. The number of carbonyl (C=O) groups excluding carboxylic acids is 1. The van der Waals surface area contributed by atoms with E-state index in [1.54, 1.807) is 28.0 Å². The van der Waals surface area contributed by atoms with Gasteiger partial charge in [0, 0.05) is 17.2 Å². The molecule has 0 aliphatic carbocycles. The second-order valence-electron chi connectivity index (χ2n) is 4.49. The minimum absolute atomic E-state index is 0.00102. The molecule has 1 unspecified atom stereocenters. The average molecular weight is 315 g/mol. The second-order valence-corrected chi connectivity index (χ2v) is 6.50. The van der Waals surface area contributed by atoms with Gasteiger partial charge in [0.25, 0.3) is 0 Å². The number of thiophene rings is 1. The van der Waals surface area contributed by atoms with Crippen molar-refractivity contribution < 1.29 is 19.4 Å². The van der Waals surface area contributed by atoms with Gasteiger partial charge in [0.15, 0.2) is 0 Å². The van der Waals surface area contributed by atoms with Crippen molar-refractivity contribution in [3.63, 3.8) is 0 Å². The number of amides is 1. The van der Waals surface area contributed by atoms with Gasteiger partial charge < -0.3 is 14.7 Å². The van der Waals surface area contributed by atoms with E-state index >= 15 is 0 Å². The number of hydrogen-bond donors (Lipinski definition) is 1. The summed E-state index contributed by atoms with van der Waals surface area (Å²) < 4.78 is 5.26. The van der Waals surface area contributed by atoms with Gasteiger partial charge in [-0.15, -0.1) is 23.1 Å². The summed E-state index contributed by atoms with van der Waals surface area (Å²) in [4.78, 5) is 25.9. The first kappa shape index (κ1) is 15.3. The summed E-state index contributed by atoms with van der Waals surface area (Å²) >= 11 is 3.24. The molecule has 7 heteroatoms. The minimum Gasteiger partial charge on any atom is -0.481 e. The second kappa shape index (κ2) is 7.66. The maximum atomic E-state index is 12.2. The van der Waals surface area contributed by atoms with Gasteiger partial charge >= 0.3 is 5.97 Å². The highest BCUT2D eigenvalue weighted by Gasteiger charge is 2.28. The fourth-order valence-corrected chi connectivity index (χ4v) is 3.82. The summed E-state index contributed by atoms with van der Waals surface area (Å²) in [7, 11) is 0. The quantitative estimate of drug-likeness (QED) is 0.865. The van der Waals surface area contributed by atoms with Crippen molar-refractivity contribution in [1.82, 2.24) is 4.90 Å². The van der Waals surface area contributed by atoms with E-state index in [-0.39, 0.29) is 18.4 Å². The number of carboxylic acids is 1. The van der Waals surface area contributed by atoms with Crippen LogP contribution in [0.25, 0.3) is 0 Å². The van der Waals surface area contributed by atoms with Crippen LogP contribution in [0.3, 0.4) is 0 Å². The van der Waals surface area contributed by atoms with Crippen LogP contribution in [0.15, 0.2) is 17.5 Å². The van der Waals surface area contributed by atoms with Crippen LogP contribution in [0.5, 0.6) is 0 Å². The molecule has 2 heterocycles. The monoisotopic (exact) mass is 315 g/mol. The van der Waals surface area contributed by atoms with Crippen molar-refractivity contribution in [1.29, 1.82) is 0 Å². The highest BCUT2D eigenvalue weighted by molar-refractivity contribution is 7.99. The topological polar surface area (TPSA) is 66.8 Å². The molecule has 0 spiro atoms. The Morgan fingerprint density at radius 1 is 1.55 bits per heavy atom. The zero-order valence-corrected chi connectivity index (χ0v) is 12.6. The molecule has 1 aromatic heterocycles. The predicted molar refractivity (Wildman–Crippen MR) is 79.1 cm³/mol. The number of hydrogen-bond acceptors (Lipinski definition) is 5. The van der Waals surface area contributed by atoms with Gasteiger partial charge in [0.2, 0.25) is 5.91 Å². The molecule has 2 rings (SSSR count). The van der Waals surface area contributed by atoms with E-state index in [9.17, 15) is 9.59 Å². The zero-order chi connectivity index (χ0) is 14.4. The lowest BCUT2D eigenvalue weighted by atomic mass is 10.1. The molecule has 1 saturated heterocycles. The first-order valence-electron chi connectivity index (χ1n) is 6.36. The summed E-state index contributed by atoms with van der Waals surface area (Å²) in [6.07, 6.45) is -0.0542. The van der Waals surface area contributed by atoms with Crippen molar-refractivity contribution in [2.75, 3.05) is 25.5 Å². The van der Waals surface area contributed by atoms with Crippen LogP contribution in [-0.2, 0) is 20.1 Å². The SMILES string of the molecule is O=C(O)CC1COCCN1C(=O)CSCc1cccs1. The van der Waals surface area contributed by atoms with Crippen molar-refractivity contribution >= 4 is 35.0 Å². The highest BCUT2D eigenvalue weighted by Crippen LogP contribution is 2.19. The summed E-state index contributed by atoms with van der Waals surface area (Å²) in [6, 6.07) is 3.70. The number of rotatable bonds is 6. The Balaban J connectivity index is 1.81. The maximum absolute atomic E-state index is 12.2. The number of thioether (sulfide) groups is 1. The molecule has 1 fully saturated rings. The van der Waals surface area contributed by atoms with Gasteiger partial charge in [-0.05, 0) is 11.4 Å². The number of nitrogens with zero attached hydrogens (tertiary/aromatic N) is 1. The van der Waals surface area contributed by atoms with Crippen LogP contribution in [0, 0.1) is 0 Å². The molecule has 1 aliphatic heterocycles. The van der Waals surface area contributed by atoms with Crippen LogP contribution in [0.4, 0.5) is 0 Å². The Morgan fingerprint density at radius 3 is 3.10 bits per heavy atom. The van der Waals surface area contributed by atoms with Crippen LogP contribution in [0.2, 0.25) is 0 Å². The number of carbonyl (C=O) groups is 2. The van der Waals surface area contributed by atoms with E-state index < -0.39 is 5.97 Å². The first-order chi connectivity index (χ1) is 9.66. The molecule has 5 nitrogen and oxygen atoms in total. The van der Waals surface area contributed by atoms with Crippen molar-refractivity contribution in [2.24, 2.45) is 0 Å². The van der Waals surface area contributed by atoms with Crippen LogP contribution >= 0.6 is 23.1 Å². The van der Waals surface area contributed by atoms with Gasteiger partial charge in [-0.3, -0.25) is 9.59 Å². The standard InChI is InChI=1S/C13H17NO4S2/c15-12(9-19-8-11-2-1-5-20-11)14-3-4-18-7-10(14)6-13(16)17/h1-2,5,10H,3-4,6-9H2,(H,16,17). The fourth-order valence-electron chi connectivity index (χ4n) is 2.07. The van der Waals surface area contributed by atoms with E-state index in [0.29, 0.717) is 25.5 Å². The Hall–Kier alpha value is -1.05. The smallest absolute Gasteiger partial charge is 0.305 e. The van der Waals surface area contributed by atoms with Gasteiger partial charge in [-0.1, -0.05) is 6.07 Å². The molecular formula is C13H17NO4S2. The average Bonchev–Trinajstić information content (AvgIpc) is 2.91. The maximum Gasteiger partial charge on any atom is 0.305 e. The summed E-state index contributed by atoms with van der Waals surface area (Å²) in [5.74, 6) is 0.302. The third-order valence-electron chi connectivity index (χ3n) is 3.01. The third-order valence-corrected chi connectivity index (χ3v) is 5.03. The molecule has 1 aromatic rings. The molecule has 0 bridgehead atoms. The molecule has 1 amide bonds. The molecule has 1 atom stereocenters. The number of aliphatic carboxylic acids is 1. The van der Waals surface area contributed by atoms with Crippen molar-refractivity contribution in [2.45, 2.75) is 18.2 Å². The normalized spacial score (nSPS) is 19.0. The van der Waals surface area contributed by atoms with E-state index in [0.717, 1.165) is 5.75 Å². The molecule has 110 valence electrons. The number of ether oxygens (including phenoxy) is 1. The number of carboxylic acid groups (broad SMARTS) is 1. The van der Waals surface area contributed by atoms with Crippen LogP contribution in [0.1, 0.15) is 11.3 Å². The Kier molecular flexibility index (Phi) is 5.87. The molecular weight excluding hydrogens is 298 g/mol. The summed E-state index contributed by atoms with van der Waals surface area (Å²) in [5.41, 5.74) is 0. The lowest BCUT2D eigenvalue weighted by molar-refractivity contribution is -0.144. The van der Waals surface area contributed by atoms with Crippen LogP contribution in [-0.4, -0.2) is 53.4 Å². The zero-order valence-electron chi connectivity index (χ0n) is 11.0.